The number of hydrogen-bond acceptors (Lipinski definition) is 6. The van der Waals surface area contributed by atoms with Crippen molar-refractivity contribution in [2.45, 2.75) is 27.7 Å². The molecule has 0 aliphatic heterocycles. The molecule has 0 unspecified atom stereocenters. The van der Waals surface area contributed by atoms with Crippen LogP contribution in [0.25, 0.3) is 17.0 Å². The molecule has 3 rings (SSSR count). The Balaban J connectivity index is 1.74. The number of carbonyl (C=O) groups is 2. The molecule has 178 valence electrons. The molecule has 1 amide bonds. The minimum atomic E-state index is -0.545. The van der Waals surface area contributed by atoms with Gasteiger partial charge in [0.05, 0.1) is 5.39 Å². The molecule has 1 N–H and O–H groups in total. The average molecular weight is 463 g/mol. The van der Waals surface area contributed by atoms with Gasteiger partial charge >= 0.3 is 5.97 Å². The van der Waals surface area contributed by atoms with E-state index in [0.29, 0.717) is 30.0 Å². The van der Waals surface area contributed by atoms with Crippen molar-refractivity contribution in [2.75, 3.05) is 31.6 Å². The van der Waals surface area contributed by atoms with Crippen molar-refractivity contribution in [1.82, 2.24) is 4.90 Å². The number of hydrogen-bond donors (Lipinski definition) is 1. The Morgan fingerprint density at radius 3 is 2.53 bits per heavy atom. The fourth-order valence-electron chi connectivity index (χ4n) is 3.45. The van der Waals surface area contributed by atoms with Gasteiger partial charge in [0.1, 0.15) is 24.0 Å². The predicted molar refractivity (Wildman–Crippen MR) is 134 cm³/mol. The second-order valence-corrected chi connectivity index (χ2v) is 8.01. The molecule has 7 nitrogen and oxygen atoms in total. The van der Waals surface area contributed by atoms with Crippen molar-refractivity contribution in [3.63, 3.8) is 0 Å². The molecule has 0 fully saturated rings. The molecule has 0 aliphatic rings. The summed E-state index contributed by atoms with van der Waals surface area (Å²) in [7, 11) is 0. The molecular weight excluding hydrogens is 432 g/mol. The van der Waals surface area contributed by atoms with E-state index in [1.165, 1.54) is 12.3 Å². The molecule has 0 atom stereocenters. The van der Waals surface area contributed by atoms with E-state index in [1.807, 2.05) is 26.0 Å². The first-order valence-electron chi connectivity index (χ1n) is 11.3. The van der Waals surface area contributed by atoms with Crippen LogP contribution >= 0.6 is 0 Å². The van der Waals surface area contributed by atoms with Crippen LogP contribution in [-0.4, -0.2) is 43.0 Å². The van der Waals surface area contributed by atoms with Gasteiger partial charge in [-0.2, -0.15) is 0 Å². The van der Waals surface area contributed by atoms with Crippen LogP contribution in [0.3, 0.4) is 0 Å². The first kappa shape index (κ1) is 24.9. The quantitative estimate of drug-likeness (QED) is 0.370. The first-order valence-corrected chi connectivity index (χ1v) is 11.3. The van der Waals surface area contributed by atoms with Gasteiger partial charge in [0.25, 0.3) is 5.91 Å². The van der Waals surface area contributed by atoms with E-state index in [1.54, 1.807) is 30.3 Å². The monoisotopic (exact) mass is 462 g/mol. The van der Waals surface area contributed by atoms with Gasteiger partial charge < -0.3 is 19.4 Å². The van der Waals surface area contributed by atoms with Crippen LogP contribution in [0.4, 0.5) is 5.69 Å². The van der Waals surface area contributed by atoms with E-state index in [9.17, 15) is 14.4 Å². The SMILES string of the molecule is CCN(CC)CCOC(=O)/C=C/c1ccc2occ(C(=O)Nc3ccc(C)c(C)c3)c(=O)c2c1. The highest BCUT2D eigenvalue weighted by Gasteiger charge is 2.15. The third-order valence-electron chi connectivity index (χ3n) is 5.76. The Hall–Kier alpha value is -3.71. The summed E-state index contributed by atoms with van der Waals surface area (Å²) in [6.07, 6.45) is 4.06. The average Bonchev–Trinajstić information content (AvgIpc) is 2.83. The zero-order valence-corrected chi connectivity index (χ0v) is 20.0. The lowest BCUT2D eigenvalue weighted by molar-refractivity contribution is -0.138. The Bertz CT molecular complexity index is 1270. The number of nitrogens with one attached hydrogen (secondary N) is 1. The highest BCUT2D eigenvalue weighted by Crippen LogP contribution is 2.17. The lowest BCUT2D eigenvalue weighted by Gasteiger charge is -2.16. The van der Waals surface area contributed by atoms with Gasteiger partial charge in [-0.25, -0.2) is 4.79 Å². The molecule has 2 aromatic carbocycles. The number of anilines is 1. The van der Waals surface area contributed by atoms with Gasteiger partial charge in [-0.1, -0.05) is 26.0 Å². The number of fused-ring (bicyclic) bond motifs is 1. The predicted octanol–water partition coefficient (Wildman–Crippen LogP) is 4.56. The van der Waals surface area contributed by atoms with Crippen molar-refractivity contribution in [3.8, 4) is 0 Å². The van der Waals surface area contributed by atoms with Crippen LogP contribution in [0.2, 0.25) is 0 Å². The van der Waals surface area contributed by atoms with Crippen molar-refractivity contribution in [1.29, 1.82) is 0 Å². The number of benzene rings is 2. The second kappa shape index (κ2) is 11.4. The Labute approximate surface area is 199 Å². The normalized spacial score (nSPS) is 11.3. The van der Waals surface area contributed by atoms with E-state index in [0.717, 1.165) is 24.2 Å². The molecule has 7 heteroatoms. The van der Waals surface area contributed by atoms with Gasteiger partial charge in [0, 0.05) is 18.3 Å². The van der Waals surface area contributed by atoms with Crippen molar-refractivity contribution >= 4 is 34.6 Å². The van der Waals surface area contributed by atoms with Gasteiger partial charge in [-0.15, -0.1) is 0 Å². The Kier molecular flexibility index (Phi) is 8.38. The van der Waals surface area contributed by atoms with Crippen LogP contribution in [0, 0.1) is 13.8 Å². The van der Waals surface area contributed by atoms with Crippen LogP contribution in [0.5, 0.6) is 0 Å². The number of esters is 1. The van der Waals surface area contributed by atoms with E-state index >= 15 is 0 Å². The van der Waals surface area contributed by atoms with Gasteiger partial charge in [-0.3, -0.25) is 9.59 Å². The summed E-state index contributed by atoms with van der Waals surface area (Å²) in [6, 6.07) is 10.5. The molecule has 0 saturated carbocycles. The number of rotatable bonds is 9. The summed E-state index contributed by atoms with van der Waals surface area (Å²) in [4.78, 5) is 39.9. The number of ether oxygens (including phenoxy) is 1. The number of amides is 1. The molecule has 1 aromatic heterocycles. The molecule has 0 radical (unpaired) electrons. The standard InChI is InChI=1S/C27H30N2O5/c1-5-29(6-2)13-14-33-25(30)12-9-20-8-11-24-22(16-20)26(31)23(17-34-24)27(32)28-21-10-7-18(3)19(4)15-21/h7-12,15-17H,5-6,13-14H2,1-4H3,(H,28,32)/b12-9+. The van der Waals surface area contributed by atoms with Crippen LogP contribution in [-0.2, 0) is 9.53 Å². The van der Waals surface area contributed by atoms with Gasteiger partial charge in [0.15, 0.2) is 0 Å². The topological polar surface area (TPSA) is 88.8 Å². The molecule has 3 aromatic rings. The lowest BCUT2D eigenvalue weighted by Crippen LogP contribution is -2.27. The van der Waals surface area contributed by atoms with E-state index in [2.05, 4.69) is 24.1 Å². The van der Waals surface area contributed by atoms with E-state index in [4.69, 9.17) is 9.15 Å². The summed E-state index contributed by atoms with van der Waals surface area (Å²) in [6.45, 7) is 10.8. The maximum Gasteiger partial charge on any atom is 0.330 e. The smallest absolute Gasteiger partial charge is 0.330 e. The number of carbonyl (C=O) groups excluding carboxylic acids is 2. The summed E-state index contributed by atoms with van der Waals surface area (Å²) < 4.78 is 10.8. The minimum Gasteiger partial charge on any atom is -0.463 e. The number of aryl methyl sites for hydroxylation is 2. The first-order chi connectivity index (χ1) is 16.3. The third kappa shape index (κ3) is 6.20. The maximum atomic E-state index is 13.0. The maximum absolute atomic E-state index is 13.0. The molecule has 1 heterocycles. The van der Waals surface area contributed by atoms with Crippen LogP contribution < -0.4 is 10.7 Å². The van der Waals surface area contributed by atoms with Gasteiger partial charge in [-0.05, 0) is 74.0 Å². The highest BCUT2D eigenvalue weighted by molar-refractivity contribution is 6.05. The summed E-state index contributed by atoms with van der Waals surface area (Å²) in [5, 5.41) is 3.00. The van der Waals surface area contributed by atoms with E-state index in [-0.39, 0.29) is 10.9 Å². The van der Waals surface area contributed by atoms with Crippen molar-refractivity contribution in [3.05, 3.63) is 81.2 Å². The van der Waals surface area contributed by atoms with Crippen LogP contribution in [0.15, 0.2) is 57.9 Å². The van der Waals surface area contributed by atoms with Gasteiger partial charge in [0.2, 0.25) is 5.43 Å². The molecule has 0 saturated heterocycles. The van der Waals surface area contributed by atoms with Crippen LogP contribution in [0.1, 0.15) is 40.9 Å². The fraction of sp³-hybridized carbons (Fsp3) is 0.296. The molecule has 0 bridgehead atoms. The second-order valence-electron chi connectivity index (χ2n) is 8.01. The summed E-state index contributed by atoms with van der Waals surface area (Å²) in [5.41, 5.74) is 3.17. The molecule has 0 aliphatic carbocycles. The lowest BCUT2D eigenvalue weighted by atomic mass is 10.1. The summed E-state index contributed by atoms with van der Waals surface area (Å²) in [5.74, 6) is -1.00. The van der Waals surface area contributed by atoms with Crippen molar-refractivity contribution in [2.24, 2.45) is 0 Å². The van der Waals surface area contributed by atoms with Crippen molar-refractivity contribution < 1.29 is 18.7 Å². The number of nitrogens with zero attached hydrogens (tertiary/aromatic N) is 1. The van der Waals surface area contributed by atoms with E-state index < -0.39 is 17.3 Å². The number of likely N-dealkylation sites (N-methyl/N-ethyl adjacent to an activating group) is 1. The largest absolute Gasteiger partial charge is 0.463 e. The fourth-order valence-corrected chi connectivity index (χ4v) is 3.45. The summed E-state index contributed by atoms with van der Waals surface area (Å²) >= 11 is 0. The minimum absolute atomic E-state index is 0.0948. The Morgan fingerprint density at radius 2 is 1.82 bits per heavy atom. The highest BCUT2D eigenvalue weighted by atomic mass is 16.5. The molecule has 0 spiro atoms. The zero-order valence-electron chi connectivity index (χ0n) is 20.0. The third-order valence-corrected chi connectivity index (χ3v) is 5.76. The zero-order chi connectivity index (χ0) is 24.7. The Morgan fingerprint density at radius 1 is 1.06 bits per heavy atom. The molecule has 34 heavy (non-hydrogen) atoms. The molecular formula is C27H30N2O5.